The van der Waals surface area contributed by atoms with Gasteiger partial charge in [-0.2, -0.15) is 0 Å². The maximum atomic E-state index is 11.6. The number of phenolic OH excluding ortho intramolecular Hbond substituents is 1. The predicted octanol–water partition coefficient (Wildman–Crippen LogP) is 3.11. The summed E-state index contributed by atoms with van der Waals surface area (Å²) in [6.45, 7) is 2.76. The van der Waals surface area contributed by atoms with Crippen molar-refractivity contribution in [3.05, 3.63) is 30.0 Å². The maximum absolute atomic E-state index is 11.6. The highest BCUT2D eigenvalue weighted by molar-refractivity contribution is 5.84. The summed E-state index contributed by atoms with van der Waals surface area (Å²) < 4.78 is 0. The second-order valence-corrected chi connectivity index (χ2v) is 5.10. The first-order chi connectivity index (χ1) is 9.70. The van der Waals surface area contributed by atoms with E-state index in [1.54, 1.807) is 12.1 Å². The summed E-state index contributed by atoms with van der Waals surface area (Å²) in [4.78, 5) is 14.8. The number of fused-ring (bicyclic) bond motifs is 1. The number of phenols is 1. The van der Waals surface area contributed by atoms with E-state index in [-0.39, 0.29) is 11.7 Å². The molecule has 0 saturated carbocycles. The van der Waals surface area contributed by atoms with Crippen LogP contribution in [-0.2, 0) is 11.2 Å². The molecule has 0 radical (unpaired) electrons. The van der Waals surface area contributed by atoms with E-state index >= 15 is 0 Å². The van der Waals surface area contributed by atoms with Crippen LogP contribution in [-0.4, -0.2) is 22.5 Å². The molecule has 1 heterocycles. The Morgan fingerprint density at radius 1 is 1.35 bits per heavy atom. The lowest BCUT2D eigenvalue weighted by molar-refractivity contribution is -0.121. The monoisotopic (exact) mass is 274 g/mol. The van der Waals surface area contributed by atoms with E-state index in [1.807, 2.05) is 12.3 Å². The fraction of sp³-hybridized carbons (Fsp3) is 0.438. The quantitative estimate of drug-likeness (QED) is 0.679. The van der Waals surface area contributed by atoms with Crippen LogP contribution in [0.4, 0.5) is 0 Å². The van der Waals surface area contributed by atoms with E-state index in [1.165, 1.54) is 0 Å². The summed E-state index contributed by atoms with van der Waals surface area (Å²) in [5.74, 6) is 0.392. The molecule has 20 heavy (non-hydrogen) atoms. The average Bonchev–Trinajstić information content (AvgIpc) is 2.82. The van der Waals surface area contributed by atoms with Crippen molar-refractivity contribution in [2.45, 2.75) is 39.0 Å². The van der Waals surface area contributed by atoms with Crippen molar-refractivity contribution in [1.29, 1.82) is 0 Å². The van der Waals surface area contributed by atoms with E-state index < -0.39 is 0 Å². The van der Waals surface area contributed by atoms with Crippen molar-refractivity contribution in [2.24, 2.45) is 0 Å². The second-order valence-electron chi connectivity index (χ2n) is 5.10. The number of carbonyl (C=O) groups excluding carboxylic acids is 1. The normalized spacial score (nSPS) is 10.8. The van der Waals surface area contributed by atoms with Crippen LogP contribution < -0.4 is 5.32 Å². The fourth-order valence-electron chi connectivity index (χ4n) is 2.33. The highest BCUT2D eigenvalue weighted by atomic mass is 16.3. The molecule has 108 valence electrons. The van der Waals surface area contributed by atoms with Crippen LogP contribution in [0.1, 0.15) is 38.2 Å². The number of hydrogen-bond donors (Lipinski definition) is 3. The third-order valence-corrected chi connectivity index (χ3v) is 3.47. The molecular formula is C16H22N2O2. The van der Waals surface area contributed by atoms with Crippen molar-refractivity contribution in [1.82, 2.24) is 10.3 Å². The van der Waals surface area contributed by atoms with Crippen LogP contribution in [0.25, 0.3) is 10.9 Å². The molecule has 0 aliphatic heterocycles. The van der Waals surface area contributed by atoms with Gasteiger partial charge in [-0.1, -0.05) is 19.8 Å². The lowest BCUT2D eigenvalue weighted by Crippen LogP contribution is -2.25. The topological polar surface area (TPSA) is 65.1 Å². The Bertz CT molecular complexity index is 575. The third kappa shape index (κ3) is 3.76. The number of amides is 1. The zero-order valence-corrected chi connectivity index (χ0v) is 11.9. The molecule has 1 aromatic carbocycles. The number of rotatable bonds is 7. The first kappa shape index (κ1) is 14.4. The zero-order chi connectivity index (χ0) is 14.4. The van der Waals surface area contributed by atoms with Gasteiger partial charge in [0.05, 0.1) is 0 Å². The minimum absolute atomic E-state index is 0.126. The summed E-state index contributed by atoms with van der Waals surface area (Å²) in [5.41, 5.74) is 2.12. The van der Waals surface area contributed by atoms with Crippen molar-refractivity contribution < 1.29 is 9.90 Å². The Hall–Kier alpha value is -1.97. The van der Waals surface area contributed by atoms with Gasteiger partial charge >= 0.3 is 0 Å². The summed E-state index contributed by atoms with van der Waals surface area (Å²) in [6.07, 6.45) is 6.52. The average molecular weight is 274 g/mol. The van der Waals surface area contributed by atoms with Gasteiger partial charge in [0.2, 0.25) is 5.91 Å². The number of aromatic nitrogens is 1. The number of nitrogens with one attached hydrogen (secondary N) is 2. The lowest BCUT2D eigenvalue weighted by atomic mass is 10.1. The van der Waals surface area contributed by atoms with Crippen molar-refractivity contribution in [3.8, 4) is 5.75 Å². The van der Waals surface area contributed by atoms with Gasteiger partial charge in [0, 0.05) is 30.1 Å². The molecule has 0 aliphatic rings. The van der Waals surface area contributed by atoms with Gasteiger partial charge in [-0.15, -0.1) is 0 Å². The van der Waals surface area contributed by atoms with Crippen LogP contribution in [0.2, 0.25) is 0 Å². The van der Waals surface area contributed by atoms with E-state index in [0.717, 1.165) is 42.1 Å². The summed E-state index contributed by atoms with van der Waals surface area (Å²) in [6, 6.07) is 5.28. The van der Waals surface area contributed by atoms with E-state index in [4.69, 9.17) is 0 Å². The Morgan fingerprint density at radius 2 is 2.20 bits per heavy atom. The molecule has 1 aromatic heterocycles. The SMILES string of the molecule is CCCCCC(=O)NCCc1c[nH]c2ccc(O)cc12. The van der Waals surface area contributed by atoms with Gasteiger partial charge in [-0.05, 0) is 36.6 Å². The second kappa shape index (κ2) is 6.98. The molecule has 1 amide bonds. The molecule has 4 heteroatoms. The Morgan fingerprint density at radius 3 is 3.00 bits per heavy atom. The van der Waals surface area contributed by atoms with Gasteiger partial charge in [-0.3, -0.25) is 4.79 Å². The number of benzene rings is 1. The zero-order valence-electron chi connectivity index (χ0n) is 11.9. The predicted molar refractivity (Wildman–Crippen MR) is 80.8 cm³/mol. The molecule has 0 bridgehead atoms. The lowest BCUT2D eigenvalue weighted by Gasteiger charge is -2.04. The van der Waals surface area contributed by atoms with Gasteiger partial charge < -0.3 is 15.4 Å². The first-order valence-corrected chi connectivity index (χ1v) is 7.26. The fourth-order valence-corrected chi connectivity index (χ4v) is 2.33. The van der Waals surface area contributed by atoms with Crippen LogP contribution in [0, 0.1) is 0 Å². The minimum Gasteiger partial charge on any atom is -0.508 e. The highest BCUT2D eigenvalue weighted by Gasteiger charge is 2.05. The number of carbonyl (C=O) groups is 1. The molecule has 0 unspecified atom stereocenters. The molecular weight excluding hydrogens is 252 g/mol. The molecule has 2 aromatic rings. The smallest absolute Gasteiger partial charge is 0.220 e. The largest absolute Gasteiger partial charge is 0.508 e. The van der Waals surface area contributed by atoms with Crippen molar-refractivity contribution in [2.75, 3.05) is 6.54 Å². The van der Waals surface area contributed by atoms with E-state index in [0.29, 0.717) is 13.0 Å². The molecule has 0 atom stereocenters. The van der Waals surface area contributed by atoms with Crippen LogP contribution in [0.3, 0.4) is 0 Å². The van der Waals surface area contributed by atoms with E-state index in [9.17, 15) is 9.90 Å². The van der Waals surface area contributed by atoms with Gasteiger partial charge in [0.1, 0.15) is 5.75 Å². The Balaban J connectivity index is 1.84. The molecule has 0 aliphatic carbocycles. The highest BCUT2D eigenvalue weighted by Crippen LogP contribution is 2.22. The van der Waals surface area contributed by atoms with Gasteiger partial charge in [-0.25, -0.2) is 0 Å². The van der Waals surface area contributed by atoms with Crippen molar-refractivity contribution >= 4 is 16.8 Å². The molecule has 0 saturated heterocycles. The van der Waals surface area contributed by atoms with Crippen LogP contribution in [0.15, 0.2) is 24.4 Å². The molecule has 0 spiro atoms. The number of H-pyrrole nitrogens is 1. The number of hydrogen-bond acceptors (Lipinski definition) is 2. The van der Waals surface area contributed by atoms with Crippen LogP contribution in [0.5, 0.6) is 5.75 Å². The Labute approximate surface area is 119 Å². The molecule has 0 fully saturated rings. The molecule has 4 nitrogen and oxygen atoms in total. The summed E-state index contributed by atoms with van der Waals surface area (Å²) in [7, 11) is 0. The van der Waals surface area contributed by atoms with Gasteiger partial charge in [0.25, 0.3) is 0 Å². The maximum Gasteiger partial charge on any atom is 0.220 e. The number of aromatic hydroxyl groups is 1. The molecule has 3 N–H and O–H groups in total. The summed E-state index contributed by atoms with van der Waals surface area (Å²) >= 11 is 0. The summed E-state index contributed by atoms with van der Waals surface area (Å²) in [5, 5.41) is 13.5. The number of unbranched alkanes of at least 4 members (excludes halogenated alkanes) is 2. The first-order valence-electron chi connectivity index (χ1n) is 7.26. The minimum atomic E-state index is 0.126. The van der Waals surface area contributed by atoms with Crippen molar-refractivity contribution in [3.63, 3.8) is 0 Å². The van der Waals surface area contributed by atoms with Gasteiger partial charge in [0.15, 0.2) is 0 Å². The third-order valence-electron chi connectivity index (χ3n) is 3.47. The van der Waals surface area contributed by atoms with E-state index in [2.05, 4.69) is 17.2 Å². The number of aromatic amines is 1. The Kier molecular flexibility index (Phi) is 5.04. The standard InChI is InChI=1S/C16H22N2O2/c1-2-3-4-5-16(20)17-9-8-12-11-18-15-7-6-13(19)10-14(12)15/h6-7,10-11,18-19H,2-5,8-9H2,1H3,(H,17,20). The van der Waals surface area contributed by atoms with Crippen LogP contribution >= 0.6 is 0 Å². The molecule has 2 rings (SSSR count).